The van der Waals surface area contributed by atoms with Gasteiger partial charge in [0.15, 0.2) is 33.8 Å². The van der Waals surface area contributed by atoms with Crippen LogP contribution in [0.15, 0.2) is 84.8 Å². The molecule has 650 valence electrons. The standard InChI is InChI=1S/C58H74N23O34P5/c1-23-12-78(58(89)75-51(23)84)41-7-25(30(13-82)105-41)111-117(92,93)101-17-34-28(10-42(109-34)80-21-67-45-49(80)71-54(62)73-52(45)85)115-120(98,99)104-18-35-29(11-43(110-35)81-22-68-46-50(81)72-55(63)74-53(46)86)114-119(96,97)103-16-33-27(9-40(108-33)77-5-3-37(60)70-57(77)88)113-118(94,95)102-15-32-26(8-39(107-32)76-4-2-36(59)69-56(76)87)112-116(90,91)100-14-31-24(83)6-38(106-31)79-20-66-44-47(61)64-19-65-48(44)79/h2-5,12,19-22,24-35,38-43,82-83H,6-11,13-18H2,1H3,(H,90,91)(H,92,93)(H,94,95)(H,96,97)(H,98,99)(H2,59,69,87)(H2,60,70,88)(H2,61,64,65)(H,75,84,89)(H3,62,71,73,85)(H3,63,72,74,86)/t24-,25-,26-,27-,28-,29-,30+,31+,32+,33+,34+,35+,38+,39+,40+,41+,42+,43+/m0/s1. The highest BCUT2D eigenvalue weighted by Crippen LogP contribution is 2.56. The zero-order valence-electron chi connectivity index (χ0n) is 61.6. The molecule has 5 unspecified atom stereocenters. The van der Waals surface area contributed by atoms with E-state index in [4.69, 9.17) is 102 Å². The number of aryl methyl sites for hydroxylation is 1. The van der Waals surface area contributed by atoms with Crippen LogP contribution < -0.4 is 62.4 Å². The SMILES string of the molecule is Cc1cn([C@H]2C[C@H](OP(=O)(O)OC[C@H]3O[C@@H](n4cnc5c(=O)[nH]c(N)nc54)C[C@@H]3OP(=O)(O)OC[C@H]3O[C@@H](n4cnc5c(=O)[nH]c(N)nc54)C[C@@H]3OP(=O)(O)OC[C@H]3O[C@@H](n4ccc(N)nc4=O)C[C@@H]3OP(=O)(O)OC[C@H]3O[C@@H](n4ccc(N)nc4=O)C[C@@H]3OP(=O)(O)OC[C@H]3O[C@@H](n4cnc5c(N)ncnc54)C[C@@H]3O)[C@@H](CO)O2)c(=O)[nH]c1=O. The Kier molecular flexibility index (Phi) is 24.3. The molecule has 9 aromatic heterocycles. The number of phosphoric ester groups is 5. The van der Waals surface area contributed by atoms with Crippen molar-refractivity contribution in [2.24, 2.45) is 0 Å². The minimum atomic E-state index is -5.65. The second-order valence-electron chi connectivity index (χ2n) is 27.7. The Morgan fingerprint density at radius 2 is 0.767 bits per heavy atom. The number of imidazole rings is 3. The molecule has 0 aromatic carbocycles. The van der Waals surface area contributed by atoms with Crippen molar-refractivity contribution in [1.29, 1.82) is 0 Å². The van der Waals surface area contributed by atoms with Gasteiger partial charge in [-0.3, -0.25) is 102 Å². The third-order valence-corrected chi connectivity index (χ3v) is 24.7. The molecule has 6 aliphatic rings. The number of ether oxygens (including phenoxy) is 6. The van der Waals surface area contributed by atoms with E-state index in [1.165, 1.54) is 47.0 Å². The van der Waals surface area contributed by atoms with Crippen LogP contribution >= 0.6 is 39.1 Å². The van der Waals surface area contributed by atoms with Gasteiger partial charge in [0.05, 0.1) is 64.7 Å². The Balaban J connectivity index is 0.633. The maximum atomic E-state index is 14.5. The Bertz CT molecular complexity index is 6010. The van der Waals surface area contributed by atoms with E-state index >= 15 is 0 Å². The third kappa shape index (κ3) is 18.9. The van der Waals surface area contributed by atoms with Crippen LogP contribution in [0.4, 0.5) is 29.4 Å². The second-order valence-corrected chi connectivity index (χ2v) is 34.7. The summed E-state index contributed by atoms with van der Waals surface area (Å²) in [6, 6.07) is 2.40. The smallest absolute Gasteiger partial charge is 0.394 e. The molecule has 62 heteroatoms. The van der Waals surface area contributed by atoms with E-state index in [-0.39, 0.29) is 75.3 Å². The number of hydrogen-bond acceptors (Lipinski definition) is 43. The number of aliphatic hydroxyl groups is 2. The van der Waals surface area contributed by atoms with Crippen LogP contribution in [0.2, 0.25) is 0 Å². The lowest BCUT2D eigenvalue weighted by Crippen LogP contribution is -2.33. The first-order chi connectivity index (χ1) is 56.8. The van der Waals surface area contributed by atoms with E-state index in [1.54, 1.807) is 0 Å². The minimum absolute atomic E-state index is 0.0646. The summed E-state index contributed by atoms with van der Waals surface area (Å²) in [6.45, 7) is -4.54. The molecule has 23 atom stereocenters. The summed E-state index contributed by atoms with van der Waals surface area (Å²) >= 11 is 0. The fourth-order valence-corrected chi connectivity index (χ4v) is 18.8. The van der Waals surface area contributed by atoms with Gasteiger partial charge in [-0.15, -0.1) is 0 Å². The van der Waals surface area contributed by atoms with Gasteiger partial charge in [-0.05, 0) is 19.1 Å². The number of aromatic nitrogens is 18. The Morgan fingerprint density at radius 3 is 1.17 bits per heavy atom. The fourth-order valence-electron chi connectivity index (χ4n) is 14.0. The number of rotatable bonds is 32. The van der Waals surface area contributed by atoms with Crippen molar-refractivity contribution in [3.05, 3.63) is 124 Å². The normalized spacial score (nSPS) is 29.7. The Morgan fingerprint density at radius 1 is 0.425 bits per heavy atom. The number of hydrogen-bond donors (Lipinski definition) is 15. The van der Waals surface area contributed by atoms with Crippen LogP contribution in [-0.4, -0.2) is 235 Å². The predicted molar refractivity (Wildman–Crippen MR) is 394 cm³/mol. The molecule has 120 heavy (non-hydrogen) atoms. The maximum absolute atomic E-state index is 14.5. The van der Waals surface area contributed by atoms with Crippen molar-refractivity contribution >= 4 is 102 Å². The van der Waals surface area contributed by atoms with Gasteiger partial charge >= 0.3 is 56.2 Å². The topological polar surface area (TPSA) is 800 Å². The molecule has 6 fully saturated rings. The first-order valence-corrected chi connectivity index (χ1v) is 43.2. The molecule has 57 nitrogen and oxygen atoms in total. The molecule has 0 spiro atoms. The van der Waals surface area contributed by atoms with Gasteiger partial charge in [0.25, 0.3) is 16.7 Å². The number of nitrogens with two attached hydrogens (primary N) is 5. The molecule has 0 radical (unpaired) electrons. The number of anilines is 5. The lowest BCUT2D eigenvalue weighted by atomic mass is 10.2. The first kappa shape index (κ1) is 85.9. The Labute approximate surface area is 666 Å². The summed E-state index contributed by atoms with van der Waals surface area (Å²) in [7, 11) is -27.5. The van der Waals surface area contributed by atoms with Crippen molar-refractivity contribution < 1.29 is 131 Å². The second kappa shape index (κ2) is 34.0. The zero-order chi connectivity index (χ0) is 85.4. The highest BCUT2D eigenvalue weighted by atomic mass is 31.2. The number of H-pyrrole nitrogens is 3. The molecule has 0 amide bonds. The van der Waals surface area contributed by atoms with Crippen molar-refractivity contribution in [1.82, 2.24) is 87.2 Å². The minimum Gasteiger partial charge on any atom is -0.394 e. The van der Waals surface area contributed by atoms with Crippen molar-refractivity contribution in [2.75, 3.05) is 68.3 Å². The first-order valence-electron chi connectivity index (χ1n) is 35.7. The molecule has 20 N–H and O–H groups in total. The van der Waals surface area contributed by atoms with Crippen molar-refractivity contribution in [2.45, 2.75) is 156 Å². The van der Waals surface area contributed by atoms with Crippen LogP contribution in [0.5, 0.6) is 0 Å². The van der Waals surface area contributed by atoms with Gasteiger partial charge < -0.3 is 91.8 Å². The largest absolute Gasteiger partial charge is 0.472 e. The van der Waals surface area contributed by atoms with Gasteiger partial charge in [-0.25, -0.2) is 62.1 Å². The van der Waals surface area contributed by atoms with E-state index in [1.807, 2.05) is 0 Å². The number of nitrogen functional groups attached to an aromatic ring is 5. The van der Waals surface area contributed by atoms with E-state index in [9.17, 15) is 86.3 Å². The number of nitrogens with one attached hydrogen (secondary N) is 3. The molecule has 15 heterocycles. The highest BCUT2D eigenvalue weighted by molar-refractivity contribution is 7.48. The van der Waals surface area contributed by atoms with E-state index in [0.29, 0.717) is 0 Å². The van der Waals surface area contributed by atoms with Gasteiger partial charge in [0.1, 0.15) is 128 Å². The summed E-state index contributed by atoms with van der Waals surface area (Å²) in [5.74, 6) is -1.15. The summed E-state index contributed by atoms with van der Waals surface area (Å²) in [5.41, 5.74) is 23.6. The monoisotopic (exact) mass is 1790 g/mol. The van der Waals surface area contributed by atoms with Gasteiger partial charge in [-0.1, -0.05) is 0 Å². The number of aromatic amines is 3. The van der Waals surface area contributed by atoms with E-state index in [2.05, 4.69) is 59.8 Å². The van der Waals surface area contributed by atoms with Crippen molar-refractivity contribution in [3.8, 4) is 0 Å². The van der Waals surface area contributed by atoms with Gasteiger partial charge in [0, 0.05) is 62.7 Å². The van der Waals surface area contributed by atoms with Crippen LogP contribution in [0, 0.1) is 6.92 Å². The number of phosphoric acid groups is 5. The summed E-state index contributed by atoms with van der Waals surface area (Å²) in [4.78, 5) is 177. The van der Waals surface area contributed by atoms with Gasteiger partial charge in [0.2, 0.25) is 11.9 Å². The predicted octanol–water partition coefficient (Wildman–Crippen LogP) is -3.03. The lowest BCUT2D eigenvalue weighted by Gasteiger charge is -2.26. The number of nitrogens with zero attached hydrogens (tertiary/aromatic N) is 15. The number of fused-ring (bicyclic) bond motifs is 3. The molecular formula is C58H74N23O34P5. The molecule has 9 aromatic rings. The fraction of sp³-hybridized carbons (Fsp3) is 0.534. The summed E-state index contributed by atoms with van der Waals surface area (Å²) < 4.78 is 168. The lowest BCUT2D eigenvalue weighted by molar-refractivity contribution is -0.0649. The Hall–Kier alpha value is -9.08. The molecule has 0 bridgehead atoms. The molecule has 6 saturated heterocycles. The highest BCUT2D eigenvalue weighted by Gasteiger charge is 2.52. The van der Waals surface area contributed by atoms with E-state index < -0.39 is 255 Å². The quantitative estimate of drug-likeness (QED) is 0.0186. The molecular weight excluding hydrogens is 1720 g/mol. The number of aliphatic hydroxyl groups excluding tert-OH is 2. The molecule has 0 saturated carbocycles. The van der Waals surface area contributed by atoms with E-state index in [0.717, 1.165) is 43.3 Å². The van der Waals surface area contributed by atoms with Gasteiger partial charge in [-0.2, -0.15) is 19.9 Å². The summed E-state index contributed by atoms with van der Waals surface area (Å²) in [6.07, 6.45) is -21.6. The molecule has 15 rings (SSSR count). The van der Waals surface area contributed by atoms with Crippen molar-refractivity contribution in [3.63, 3.8) is 0 Å². The third-order valence-electron chi connectivity index (χ3n) is 19.6. The average molecular weight is 1790 g/mol. The summed E-state index contributed by atoms with van der Waals surface area (Å²) in [5, 5.41) is 21.2. The molecule has 6 aliphatic heterocycles. The average Bonchev–Trinajstić information content (AvgIpc) is 1.63. The molecule has 0 aliphatic carbocycles. The van der Waals surface area contributed by atoms with Crippen LogP contribution in [0.1, 0.15) is 81.5 Å². The zero-order valence-corrected chi connectivity index (χ0v) is 66.0. The van der Waals surface area contributed by atoms with Crippen LogP contribution in [0.3, 0.4) is 0 Å². The van der Waals surface area contributed by atoms with Crippen LogP contribution in [-0.2, 0) is 96.5 Å². The van der Waals surface area contributed by atoms with Crippen LogP contribution in [0.25, 0.3) is 33.5 Å². The maximum Gasteiger partial charge on any atom is 0.472 e.